The number of benzene rings is 2. The Morgan fingerprint density at radius 3 is 2.40 bits per heavy atom. The average molecular weight is 429 g/mol. The first-order chi connectivity index (χ1) is 14.1. The van der Waals surface area contributed by atoms with Gasteiger partial charge in [-0.2, -0.15) is 0 Å². The molecule has 4 nitrogen and oxygen atoms in total. The third-order valence-corrected chi connectivity index (χ3v) is 5.25. The molecule has 0 radical (unpaired) electrons. The molecule has 2 aromatic carbocycles. The molecule has 1 atom stereocenters. The van der Waals surface area contributed by atoms with Gasteiger partial charge in [0.1, 0.15) is 6.04 Å². The van der Waals surface area contributed by atoms with Gasteiger partial charge in [-0.3, -0.25) is 9.59 Å². The van der Waals surface area contributed by atoms with E-state index in [0.29, 0.717) is 30.8 Å². The number of halogens is 1. The second-order valence-electron chi connectivity index (χ2n) is 8.77. The highest BCUT2D eigenvalue weighted by Gasteiger charge is 2.30. The maximum atomic E-state index is 13.3. The van der Waals surface area contributed by atoms with E-state index in [1.54, 1.807) is 4.90 Å². The predicted octanol–water partition coefficient (Wildman–Crippen LogP) is 5.30. The molecule has 1 unspecified atom stereocenters. The number of nitrogens with one attached hydrogen (secondary N) is 1. The van der Waals surface area contributed by atoms with Crippen molar-refractivity contribution in [3.8, 4) is 0 Å². The summed E-state index contributed by atoms with van der Waals surface area (Å²) in [6.45, 7) is 10.2. The summed E-state index contributed by atoms with van der Waals surface area (Å²) in [7, 11) is 0. The van der Waals surface area contributed by atoms with Crippen LogP contribution >= 0.6 is 11.6 Å². The fraction of sp³-hybridized carbons (Fsp3) is 0.440. The van der Waals surface area contributed by atoms with Crippen LogP contribution < -0.4 is 5.32 Å². The van der Waals surface area contributed by atoms with E-state index in [-0.39, 0.29) is 17.4 Å². The zero-order valence-electron chi connectivity index (χ0n) is 18.7. The second-order valence-corrected chi connectivity index (χ2v) is 9.17. The van der Waals surface area contributed by atoms with Crippen molar-refractivity contribution in [2.24, 2.45) is 0 Å². The summed E-state index contributed by atoms with van der Waals surface area (Å²) >= 11 is 6.26. The van der Waals surface area contributed by atoms with E-state index < -0.39 is 6.04 Å². The van der Waals surface area contributed by atoms with Crippen molar-refractivity contribution in [1.82, 2.24) is 10.2 Å². The number of carbonyl (C=O) groups excluding carboxylic acids is 2. The first kappa shape index (κ1) is 23.9. The largest absolute Gasteiger partial charge is 0.350 e. The fourth-order valence-electron chi connectivity index (χ4n) is 3.47. The summed E-state index contributed by atoms with van der Waals surface area (Å²) in [5, 5.41) is 3.69. The quantitative estimate of drug-likeness (QED) is 0.619. The van der Waals surface area contributed by atoms with Crippen LogP contribution in [0, 0.1) is 6.92 Å². The van der Waals surface area contributed by atoms with Gasteiger partial charge < -0.3 is 10.2 Å². The summed E-state index contributed by atoms with van der Waals surface area (Å²) in [4.78, 5) is 28.0. The number of hydrogen-bond acceptors (Lipinski definition) is 2. The molecule has 0 saturated heterocycles. The normalized spacial score (nSPS) is 12.3. The van der Waals surface area contributed by atoms with Gasteiger partial charge >= 0.3 is 0 Å². The van der Waals surface area contributed by atoms with Crippen LogP contribution in [0.3, 0.4) is 0 Å². The average Bonchev–Trinajstić information content (AvgIpc) is 2.65. The van der Waals surface area contributed by atoms with Crippen molar-refractivity contribution in [3.05, 3.63) is 70.2 Å². The van der Waals surface area contributed by atoms with Crippen LogP contribution in [0.15, 0.2) is 48.5 Å². The van der Waals surface area contributed by atoms with E-state index in [1.165, 1.54) is 0 Å². The van der Waals surface area contributed by atoms with Crippen molar-refractivity contribution >= 4 is 23.4 Å². The SMILES string of the molecule is CCC(C(=O)NC(C)(C)C)N(Cc1cccc(C)c1)C(=O)CCc1ccccc1Cl. The van der Waals surface area contributed by atoms with E-state index in [4.69, 9.17) is 11.6 Å². The molecular weight excluding hydrogens is 396 g/mol. The van der Waals surface area contributed by atoms with Gasteiger partial charge in [0.25, 0.3) is 0 Å². The summed E-state index contributed by atoms with van der Waals surface area (Å²) in [5.41, 5.74) is 2.72. The maximum Gasteiger partial charge on any atom is 0.243 e. The number of aryl methyl sites for hydroxylation is 2. The minimum atomic E-state index is -0.525. The Morgan fingerprint density at radius 2 is 1.80 bits per heavy atom. The molecular formula is C25H33ClN2O2. The molecule has 0 bridgehead atoms. The minimum Gasteiger partial charge on any atom is -0.350 e. The van der Waals surface area contributed by atoms with Crippen molar-refractivity contribution in [2.75, 3.05) is 0 Å². The van der Waals surface area contributed by atoms with Crippen LogP contribution in [-0.4, -0.2) is 28.3 Å². The molecule has 2 rings (SSSR count). The van der Waals surface area contributed by atoms with Crippen LogP contribution in [0.25, 0.3) is 0 Å². The van der Waals surface area contributed by atoms with Crippen LogP contribution in [0.1, 0.15) is 57.2 Å². The first-order valence-electron chi connectivity index (χ1n) is 10.5. The predicted molar refractivity (Wildman–Crippen MR) is 123 cm³/mol. The third-order valence-electron chi connectivity index (χ3n) is 4.89. The highest BCUT2D eigenvalue weighted by atomic mass is 35.5. The molecule has 0 aliphatic heterocycles. The van der Waals surface area contributed by atoms with Gasteiger partial charge in [-0.15, -0.1) is 0 Å². The molecule has 0 saturated carbocycles. The second kappa shape index (κ2) is 10.6. The highest BCUT2D eigenvalue weighted by Crippen LogP contribution is 2.20. The lowest BCUT2D eigenvalue weighted by atomic mass is 10.0. The Balaban J connectivity index is 2.25. The Labute approximate surface area is 185 Å². The molecule has 0 fully saturated rings. The van der Waals surface area contributed by atoms with Gasteiger partial charge in [0.15, 0.2) is 0 Å². The van der Waals surface area contributed by atoms with Crippen molar-refractivity contribution < 1.29 is 9.59 Å². The molecule has 2 amide bonds. The Kier molecular flexibility index (Phi) is 8.48. The van der Waals surface area contributed by atoms with Gasteiger partial charge in [-0.05, 0) is 57.7 Å². The molecule has 0 aromatic heterocycles. The van der Waals surface area contributed by atoms with E-state index >= 15 is 0 Å². The smallest absolute Gasteiger partial charge is 0.243 e. The first-order valence-corrected chi connectivity index (χ1v) is 10.9. The van der Waals surface area contributed by atoms with E-state index in [0.717, 1.165) is 16.7 Å². The highest BCUT2D eigenvalue weighted by molar-refractivity contribution is 6.31. The lowest BCUT2D eigenvalue weighted by Gasteiger charge is -2.33. The van der Waals surface area contributed by atoms with Crippen molar-refractivity contribution in [2.45, 2.75) is 72.0 Å². The molecule has 0 aliphatic rings. The monoisotopic (exact) mass is 428 g/mol. The molecule has 5 heteroatoms. The summed E-state index contributed by atoms with van der Waals surface area (Å²) in [6.07, 6.45) is 1.39. The zero-order chi connectivity index (χ0) is 22.3. The summed E-state index contributed by atoms with van der Waals surface area (Å²) in [6, 6.07) is 15.1. The van der Waals surface area contributed by atoms with Crippen LogP contribution in [0.4, 0.5) is 0 Å². The lowest BCUT2D eigenvalue weighted by molar-refractivity contribution is -0.142. The molecule has 162 valence electrons. The van der Waals surface area contributed by atoms with E-state index in [1.807, 2.05) is 77.1 Å². The number of hydrogen-bond donors (Lipinski definition) is 1. The van der Waals surface area contributed by atoms with E-state index in [9.17, 15) is 9.59 Å². The fourth-order valence-corrected chi connectivity index (χ4v) is 3.70. The van der Waals surface area contributed by atoms with Gasteiger partial charge in [-0.1, -0.05) is 66.6 Å². The summed E-state index contributed by atoms with van der Waals surface area (Å²) in [5.74, 6) is -0.170. The standard InChI is InChI=1S/C25H33ClN2O2/c1-6-22(24(30)27-25(3,4)5)28(17-19-11-9-10-18(2)16-19)23(29)15-14-20-12-7-8-13-21(20)26/h7-13,16,22H,6,14-15,17H2,1-5H3,(H,27,30). The van der Waals surface area contributed by atoms with Crippen LogP contribution in [-0.2, 0) is 22.6 Å². The Morgan fingerprint density at radius 1 is 1.10 bits per heavy atom. The molecule has 1 N–H and O–H groups in total. The van der Waals surface area contributed by atoms with Crippen LogP contribution in [0.5, 0.6) is 0 Å². The molecule has 30 heavy (non-hydrogen) atoms. The topological polar surface area (TPSA) is 49.4 Å². The van der Waals surface area contributed by atoms with Gasteiger partial charge in [0.05, 0.1) is 0 Å². The van der Waals surface area contributed by atoms with Gasteiger partial charge in [0, 0.05) is 23.5 Å². The molecule has 2 aromatic rings. The third kappa shape index (κ3) is 7.17. The van der Waals surface area contributed by atoms with Crippen molar-refractivity contribution in [1.29, 1.82) is 0 Å². The number of amides is 2. The number of carbonyl (C=O) groups is 2. The zero-order valence-corrected chi connectivity index (χ0v) is 19.4. The van der Waals surface area contributed by atoms with Gasteiger partial charge in [0.2, 0.25) is 11.8 Å². The number of rotatable bonds is 8. The van der Waals surface area contributed by atoms with E-state index in [2.05, 4.69) is 11.4 Å². The molecule has 0 heterocycles. The number of nitrogens with zero attached hydrogens (tertiary/aromatic N) is 1. The minimum absolute atomic E-state index is 0.0488. The molecule has 0 aliphatic carbocycles. The Hall–Kier alpha value is -2.33. The molecule has 0 spiro atoms. The summed E-state index contributed by atoms with van der Waals surface area (Å²) < 4.78 is 0. The van der Waals surface area contributed by atoms with Crippen molar-refractivity contribution in [3.63, 3.8) is 0 Å². The maximum absolute atomic E-state index is 13.3. The lowest BCUT2D eigenvalue weighted by Crippen LogP contribution is -2.53. The van der Waals surface area contributed by atoms with Gasteiger partial charge in [-0.25, -0.2) is 0 Å². The Bertz CT molecular complexity index is 873. The van der Waals surface area contributed by atoms with Crippen LogP contribution in [0.2, 0.25) is 5.02 Å².